The zero-order valence-corrected chi connectivity index (χ0v) is 36.6. The molecule has 2 aromatic heterocycles. The highest BCUT2D eigenvalue weighted by Gasteiger charge is 2.42. The van der Waals surface area contributed by atoms with E-state index in [1.807, 2.05) is 76.2 Å². The number of methoxy groups -OCH3 is 2. The Balaban J connectivity index is 1.13. The lowest BCUT2D eigenvalue weighted by molar-refractivity contribution is -0.136. The Bertz CT molecular complexity index is 2110. The summed E-state index contributed by atoms with van der Waals surface area (Å²) in [6.45, 7) is 12.7. The predicted molar refractivity (Wildman–Crippen MR) is 229 cm³/mol. The molecule has 0 aliphatic carbocycles. The van der Waals surface area contributed by atoms with Gasteiger partial charge in [0, 0.05) is 35.3 Å². The van der Waals surface area contributed by atoms with Crippen molar-refractivity contribution in [2.45, 2.75) is 78.6 Å². The molecule has 16 heteroatoms. The molecule has 4 amide bonds. The van der Waals surface area contributed by atoms with Gasteiger partial charge in [0.1, 0.15) is 45.4 Å². The number of nitrogens with zero attached hydrogens (tertiary/aromatic N) is 4. The summed E-state index contributed by atoms with van der Waals surface area (Å²) in [7, 11) is 2.55. The third-order valence-electron chi connectivity index (χ3n) is 11.0. The van der Waals surface area contributed by atoms with Crippen LogP contribution in [0.15, 0.2) is 48.5 Å². The summed E-state index contributed by atoms with van der Waals surface area (Å²) in [5, 5.41) is 6.10. The Morgan fingerprint density at radius 1 is 0.667 bits per heavy atom. The van der Waals surface area contributed by atoms with E-state index < -0.39 is 24.3 Å². The first kappa shape index (κ1) is 44.0. The van der Waals surface area contributed by atoms with Gasteiger partial charge in [-0.25, -0.2) is 19.6 Å². The van der Waals surface area contributed by atoms with Crippen molar-refractivity contribution in [3.8, 4) is 34.4 Å². The summed E-state index contributed by atoms with van der Waals surface area (Å²) < 4.78 is 9.53. The molecule has 2 aromatic carbocycles. The van der Waals surface area contributed by atoms with Crippen LogP contribution < -0.4 is 10.6 Å². The van der Waals surface area contributed by atoms with E-state index in [9.17, 15) is 19.2 Å². The van der Waals surface area contributed by atoms with Crippen molar-refractivity contribution in [1.82, 2.24) is 40.4 Å². The molecule has 6 atom stereocenters. The molecular formula is C44H52Cl2N8O6. The fourth-order valence-corrected chi connectivity index (χ4v) is 8.35. The number of carbonyl (C=O) groups is 4. The average Bonchev–Trinajstić information content (AvgIpc) is 4.02. The molecule has 0 saturated carbocycles. The summed E-state index contributed by atoms with van der Waals surface area (Å²) in [5.41, 5.74) is 4.31. The van der Waals surface area contributed by atoms with Gasteiger partial charge in [-0.15, -0.1) is 0 Å². The van der Waals surface area contributed by atoms with Crippen molar-refractivity contribution in [3.05, 3.63) is 81.6 Å². The van der Waals surface area contributed by atoms with Crippen LogP contribution in [0.3, 0.4) is 0 Å². The number of carbonyl (C=O) groups excluding carboxylic acids is 4. The number of aromatic nitrogens is 4. The first-order chi connectivity index (χ1) is 28.6. The van der Waals surface area contributed by atoms with E-state index in [0.29, 0.717) is 59.3 Å². The first-order valence-corrected chi connectivity index (χ1v) is 20.9. The Hall–Kier alpha value is -5.52. The number of H-pyrrole nitrogens is 2. The van der Waals surface area contributed by atoms with Crippen LogP contribution in [-0.2, 0) is 19.1 Å². The maximum absolute atomic E-state index is 13.7. The molecule has 4 aromatic rings. The van der Waals surface area contributed by atoms with Gasteiger partial charge in [0.25, 0.3) is 0 Å². The predicted octanol–water partition coefficient (Wildman–Crippen LogP) is 7.75. The number of imidazole rings is 2. The van der Waals surface area contributed by atoms with Gasteiger partial charge in [0.05, 0.1) is 26.3 Å². The topological polar surface area (TPSA) is 175 Å². The van der Waals surface area contributed by atoms with E-state index in [-0.39, 0.29) is 47.6 Å². The highest BCUT2D eigenvalue weighted by Crippen LogP contribution is 2.39. The lowest BCUT2D eigenvalue weighted by Gasteiger charge is -2.30. The molecule has 0 spiro atoms. The largest absolute Gasteiger partial charge is 0.453 e. The molecule has 4 N–H and O–H groups in total. The smallest absolute Gasteiger partial charge is 0.407 e. The van der Waals surface area contributed by atoms with Crippen LogP contribution in [0.1, 0.15) is 89.2 Å². The Kier molecular flexibility index (Phi) is 13.8. The number of rotatable bonds is 10. The highest BCUT2D eigenvalue weighted by atomic mass is 35.5. The van der Waals surface area contributed by atoms with E-state index in [1.165, 1.54) is 14.2 Å². The van der Waals surface area contributed by atoms with Crippen molar-refractivity contribution >= 4 is 47.2 Å². The second-order valence-corrected chi connectivity index (χ2v) is 17.1. The molecule has 6 rings (SSSR count). The molecule has 2 aliphatic heterocycles. The molecule has 0 unspecified atom stereocenters. The average molecular weight is 860 g/mol. The van der Waals surface area contributed by atoms with E-state index in [2.05, 4.69) is 46.3 Å². The van der Waals surface area contributed by atoms with Crippen molar-refractivity contribution < 1.29 is 28.7 Å². The third kappa shape index (κ3) is 9.74. The molecule has 60 heavy (non-hydrogen) atoms. The fourth-order valence-electron chi connectivity index (χ4n) is 7.86. The van der Waals surface area contributed by atoms with Gasteiger partial charge >= 0.3 is 12.2 Å². The van der Waals surface area contributed by atoms with E-state index in [4.69, 9.17) is 42.6 Å². The lowest BCUT2D eigenvalue weighted by Crippen LogP contribution is -2.51. The van der Waals surface area contributed by atoms with Crippen LogP contribution in [-0.4, -0.2) is 93.1 Å². The van der Waals surface area contributed by atoms with E-state index in [1.54, 1.807) is 9.80 Å². The summed E-state index contributed by atoms with van der Waals surface area (Å²) in [4.78, 5) is 71.1. The minimum atomic E-state index is -0.745. The lowest BCUT2D eigenvalue weighted by atomic mass is 10.0. The van der Waals surface area contributed by atoms with Crippen LogP contribution in [0.2, 0.25) is 10.3 Å². The van der Waals surface area contributed by atoms with Gasteiger partial charge in [-0.3, -0.25) is 9.59 Å². The molecule has 14 nitrogen and oxygen atoms in total. The number of likely N-dealkylation sites (tertiary alicyclic amines) is 2. The van der Waals surface area contributed by atoms with Crippen molar-refractivity contribution in [1.29, 1.82) is 0 Å². The van der Waals surface area contributed by atoms with Gasteiger partial charge < -0.3 is 39.9 Å². The minimum absolute atomic E-state index is 0.151. The second-order valence-electron chi connectivity index (χ2n) is 16.4. The number of nitrogens with one attached hydrogen (secondary N) is 4. The van der Waals surface area contributed by atoms with Gasteiger partial charge in [-0.05, 0) is 60.8 Å². The zero-order valence-electron chi connectivity index (χ0n) is 35.1. The number of benzene rings is 2. The Morgan fingerprint density at radius 2 is 1.02 bits per heavy atom. The number of ether oxygens (including phenoxy) is 2. The highest BCUT2D eigenvalue weighted by molar-refractivity contribution is 6.32. The van der Waals surface area contributed by atoms with E-state index in [0.717, 1.165) is 22.3 Å². The number of aromatic amines is 2. The van der Waals surface area contributed by atoms with Gasteiger partial charge in [-0.1, -0.05) is 101 Å². The molecule has 0 bridgehead atoms. The molecular weight excluding hydrogens is 807 g/mol. The molecule has 318 valence electrons. The van der Waals surface area contributed by atoms with Crippen LogP contribution >= 0.6 is 23.2 Å². The number of alkyl carbamates (subject to hydrolysis) is 2. The van der Waals surface area contributed by atoms with Gasteiger partial charge in [-0.2, -0.15) is 0 Å². The SMILES string of the molecule is COC(=O)N[C@H](C(=O)N1C[C@@H](C)C[C@H]1c1nc(-c2ccc(C#Cc3ccc(-c4nc([C@@H]5C[C@H](C)CN5C(=O)[C@@H](NC(=O)OC)C(C)C)[nH]c4Cl)cc3)cc2)c(Cl)[nH]1)C(C)C. The van der Waals surface area contributed by atoms with Crippen LogP contribution in [0, 0.1) is 35.5 Å². The summed E-state index contributed by atoms with van der Waals surface area (Å²) in [6, 6.07) is 13.1. The zero-order chi connectivity index (χ0) is 43.4. The molecule has 2 aliphatic rings. The third-order valence-corrected chi connectivity index (χ3v) is 11.6. The maximum atomic E-state index is 13.7. The Labute approximate surface area is 360 Å². The standard InChI is InChI=1S/C44H52Cl2N8O6/c1-23(2)33(49-43(57)59-7)41(55)53-21-25(5)19-31(53)39-47-35(37(45)51-39)29-15-11-27(12-16-29)9-10-28-13-17-30(18-14-28)36-38(46)52-40(48-36)32-20-26(6)22-54(32)42(56)34(24(3)4)50-44(58)60-8/h11-18,23-26,31-34H,19-22H2,1-8H3,(H,47,51)(H,48,52)(H,49,57)(H,50,58)/t25-,26-,31-,32-,33-,34-/m0/s1. The van der Waals surface area contributed by atoms with Crippen LogP contribution in [0.25, 0.3) is 22.5 Å². The number of hydrogen-bond donors (Lipinski definition) is 4. The summed E-state index contributed by atoms with van der Waals surface area (Å²) >= 11 is 13.4. The summed E-state index contributed by atoms with van der Waals surface area (Å²) in [5.74, 6) is 7.35. The molecule has 2 saturated heterocycles. The molecule has 0 radical (unpaired) electrons. The number of hydrogen-bond acceptors (Lipinski definition) is 8. The summed E-state index contributed by atoms with van der Waals surface area (Å²) in [6.07, 6.45) is 0.0834. The van der Waals surface area contributed by atoms with Crippen LogP contribution in [0.4, 0.5) is 9.59 Å². The first-order valence-electron chi connectivity index (χ1n) is 20.1. The van der Waals surface area contributed by atoms with Crippen molar-refractivity contribution in [3.63, 3.8) is 0 Å². The quantitative estimate of drug-likeness (QED) is 0.117. The minimum Gasteiger partial charge on any atom is -0.453 e. The van der Waals surface area contributed by atoms with Gasteiger partial charge in [0.2, 0.25) is 11.8 Å². The second kappa shape index (κ2) is 18.8. The normalized spacial score (nSPS) is 19.8. The number of amides is 4. The fraction of sp³-hybridized carbons (Fsp3) is 0.455. The maximum Gasteiger partial charge on any atom is 0.407 e. The molecule has 2 fully saturated rings. The van der Waals surface area contributed by atoms with E-state index >= 15 is 0 Å². The monoisotopic (exact) mass is 858 g/mol. The number of halogens is 2. The van der Waals surface area contributed by atoms with Crippen LogP contribution in [0.5, 0.6) is 0 Å². The molecule has 4 heterocycles. The Morgan fingerprint density at radius 3 is 1.33 bits per heavy atom. The van der Waals surface area contributed by atoms with Gasteiger partial charge in [0.15, 0.2) is 0 Å². The van der Waals surface area contributed by atoms with Crippen molar-refractivity contribution in [2.75, 3.05) is 27.3 Å². The van der Waals surface area contributed by atoms with Crippen molar-refractivity contribution in [2.24, 2.45) is 23.7 Å².